The normalized spacial score (nSPS) is 11.1. The number of methoxy groups -OCH3 is 1. The second-order valence-corrected chi connectivity index (χ2v) is 4.86. The van der Waals surface area contributed by atoms with Crippen LogP contribution >= 0.6 is 0 Å². The summed E-state index contributed by atoms with van der Waals surface area (Å²) in [6.07, 6.45) is 0. The minimum atomic E-state index is 0.495. The van der Waals surface area contributed by atoms with Crippen LogP contribution in [0.25, 0.3) is 16.7 Å². The number of rotatable bonds is 3. The molecule has 0 bridgehead atoms. The Morgan fingerprint density at radius 2 is 2.00 bits per heavy atom. The lowest BCUT2D eigenvalue weighted by molar-refractivity contribution is 0.185. The van der Waals surface area contributed by atoms with E-state index in [1.54, 1.807) is 7.11 Å². The molecule has 0 aliphatic rings. The van der Waals surface area contributed by atoms with Crippen LogP contribution in [0, 0.1) is 6.92 Å². The van der Waals surface area contributed by atoms with E-state index in [9.17, 15) is 0 Å². The van der Waals surface area contributed by atoms with Gasteiger partial charge in [-0.2, -0.15) is 0 Å². The molecule has 0 aliphatic heterocycles. The Bertz CT molecular complexity index is 762. The Kier molecular flexibility index (Phi) is 3.16. The number of nitrogens with two attached hydrogens (primary N) is 1. The van der Waals surface area contributed by atoms with Crippen molar-refractivity contribution >= 4 is 17.0 Å². The molecule has 4 nitrogen and oxygen atoms in total. The number of anilines is 1. The lowest BCUT2D eigenvalue weighted by Crippen LogP contribution is -2.04. The van der Waals surface area contributed by atoms with Gasteiger partial charge in [0.15, 0.2) is 0 Å². The molecule has 0 fully saturated rings. The second kappa shape index (κ2) is 4.98. The summed E-state index contributed by atoms with van der Waals surface area (Å²) in [5.74, 6) is 0.495. The maximum atomic E-state index is 6.11. The van der Waals surface area contributed by atoms with Crippen molar-refractivity contribution < 1.29 is 4.74 Å². The first-order valence-electron chi connectivity index (χ1n) is 6.52. The fraction of sp³-hybridized carbons (Fsp3) is 0.188. The van der Waals surface area contributed by atoms with Crippen molar-refractivity contribution in [2.45, 2.75) is 13.5 Å². The SMILES string of the molecule is COCc1ccccc1-n1c(N)nc2cc(C)ccc21. The molecule has 4 heteroatoms. The van der Waals surface area contributed by atoms with Crippen molar-refractivity contribution in [1.82, 2.24) is 9.55 Å². The van der Waals surface area contributed by atoms with E-state index in [1.807, 2.05) is 41.8 Å². The number of imidazole rings is 1. The highest BCUT2D eigenvalue weighted by atomic mass is 16.5. The molecule has 2 aromatic carbocycles. The average molecular weight is 267 g/mol. The first-order valence-corrected chi connectivity index (χ1v) is 6.52. The van der Waals surface area contributed by atoms with Crippen LogP contribution in [0.1, 0.15) is 11.1 Å². The van der Waals surface area contributed by atoms with Crippen molar-refractivity contribution in [3.8, 4) is 5.69 Å². The number of aromatic nitrogens is 2. The number of hydrogen-bond acceptors (Lipinski definition) is 3. The molecule has 102 valence electrons. The van der Waals surface area contributed by atoms with E-state index >= 15 is 0 Å². The molecule has 1 heterocycles. The molecule has 0 saturated carbocycles. The highest BCUT2D eigenvalue weighted by Gasteiger charge is 2.12. The highest BCUT2D eigenvalue weighted by molar-refractivity contribution is 5.81. The van der Waals surface area contributed by atoms with Gasteiger partial charge in [-0.25, -0.2) is 4.98 Å². The van der Waals surface area contributed by atoms with Crippen LogP contribution in [0.5, 0.6) is 0 Å². The molecule has 3 aromatic rings. The topological polar surface area (TPSA) is 53.1 Å². The summed E-state index contributed by atoms with van der Waals surface area (Å²) in [5, 5.41) is 0. The van der Waals surface area contributed by atoms with Crippen LogP contribution in [0.15, 0.2) is 42.5 Å². The molecule has 0 unspecified atom stereocenters. The quantitative estimate of drug-likeness (QED) is 0.793. The molecular formula is C16H17N3O. The van der Waals surface area contributed by atoms with Gasteiger partial charge in [-0.15, -0.1) is 0 Å². The molecule has 3 rings (SSSR count). The number of hydrogen-bond donors (Lipinski definition) is 1. The summed E-state index contributed by atoms with van der Waals surface area (Å²) in [6, 6.07) is 14.2. The van der Waals surface area contributed by atoms with Gasteiger partial charge >= 0.3 is 0 Å². The lowest BCUT2D eigenvalue weighted by Gasteiger charge is -2.12. The Morgan fingerprint density at radius 1 is 1.20 bits per heavy atom. The predicted octanol–water partition coefficient (Wildman–Crippen LogP) is 3.06. The second-order valence-electron chi connectivity index (χ2n) is 4.86. The standard InChI is InChI=1S/C16H17N3O/c1-11-7-8-15-13(9-11)18-16(17)19(15)14-6-4-3-5-12(14)10-20-2/h3-9H,10H2,1-2H3,(H2,17,18). The Hall–Kier alpha value is -2.33. The predicted molar refractivity (Wildman–Crippen MR) is 80.9 cm³/mol. The zero-order chi connectivity index (χ0) is 14.1. The van der Waals surface area contributed by atoms with Crippen LogP contribution in [0.4, 0.5) is 5.95 Å². The van der Waals surface area contributed by atoms with Gasteiger partial charge in [-0.1, -0.05) is 24.3 Å². The monoisotopic (exact) mass is 267 g/mol. The molecular weight excluding hydrogens is 250 g/mol. The summed E-state index contributed by atoms with van der Waals surface area (Å²) >= 11 is 0. The Balaban J connectivity index is 2.27. The molecule has 0 spiro atoms. The lowest BCUT2D eigenvalue weighted by atomic mass is 10.1. The van der Waals surface area contributed by atoms with E-state index in [4.69, 9.17) is 10.5 Å². The van der Waals surface area contributed by atoms with Crippen LogP contribution in [0.2, 0.25) is 0 Å². The van der Waals surface area contributed by atoms with Crippen molar-refractivity contribution in [3.05, 3.63) is 53.6 Å². The minimum absolute atomic E-state index is 0.495. The van der Waals surface area contributed by atoms with Gasteiger partial charge in [-0.3, -0.25) is 4.57 Å². The Labute approximate surface area is 117 Å². The summed E-state index contributed by atoms with van der Waals surface area (Å²) in [5.41, 5.74) is 11.3. The zero-order valence-corrected chi connectivity index (χ0v) is 11.6. The summed E-state index contributed by atoms with van der Waals surface area (Å²) in [6.45, 7) is 2.59. The van der Waals surface area contributed by atoms with Gasteiger partial charge in [0.1, 0.15) is 0 Å². The van der Waals surface area contributed by atoms with Gasteiger partial charge in [0.2, 0.25) is 5.95 Å². The minimum Gasteiger partial charge on any atom is -0.380 e. The van der Waals surface area contributed by atoms with E-state index < -0.39 is 0 Å². The number of fused-ring (bicyclic) bond motifs is 1. The maximum Gasteiger partial charge on any atom is 0.205 e. The molecule has 0 radical (unpaired) electrons. The van der Waals surface area contributed by atoms with E-state index in [2.05, 4.69) is 17.1 Å². The third-order valence-corrected chi connectivity index (χ3v) is 3.37. The molecule has 1 aromatic heterocycles. The van der Waals surface area contributed by atoms with E-state index in [-0.39, 0.29) is 0 Å². The molecule has 0 amide bonds. The average Bonchev–Trinajstić information content (AvgIpc) is 2.75. The summed E-state index contributed by atoms with van der Waals surface area (Å²) in [7, 11) is 1.69. The van der Waals surface area contributed by atoms with Crippen molar-refractivity contribution in [3.63, 3.8) is 0 Å². The van der Waals surface area contributed by atoms with Crippen LogP contribution in [-0.2, 0) is 11.3 Å². The molecule has 0 saturated heterocycles. The number of aryl methyl sites for hydroxylation is 1. The molecule has 0 aliphatic carbocycles. The van der Waals surface area contributed by atoms with E-state index in [0.717, 1.165) is 22.3 Å². The fourth-order valence-corrected chi connectivity index (χ4v) is 2.47. The first-order chi connectivity index (χ1) is 9.70. The van der Waals surface area contributed by atoms with Crippen LogP contribution < -0.4 is 5.73 Å². The fourth-order valence-electron chi connectivity index (χ4n) is 2.47. The van der Waals surface area contributed by atoms with Crippen molar-refractivity contribution in [2.24, 2.45) is 0 Å². The highest BCUT2D eigenvalue weighted by Crippen LogP contribution is 2.26. The van der Waals surface area contributed by atoms with Gasteiger partial charge < -0.3 is 10.5 Å². The van der Waals surface area contributed by atoms with Crippen molar-refractivity contribution in [1.29, 1.82) is 0 Å². The summed E-state index contributed by atoms with van der Waals surface area (Å²) < 4.78 is 7.24. The van der Waals surface area contributed by atoms with Crippen LogP contribution in [0.3, 0.4) is 0 Å². The van der Waals surface area contributed by atoms with Gasteiger partial charge in [0.05, 0.1) is 23.3 Å². The Morgan fingerprint density at radius 3 is 2.80 bits per heavy atom. The number of ether oxygens (including phenoxy) is 1. The van der Waals surface area contributed by atoms with E-state index in [0.29, 0.717) is 12.6 Å². The van der Waals surface area contributed by atoms with Crippen LogP contribution in [-0.4, -0.2) is 16.7 Å². The third kappa shape index (κ3) is 2.04. The van der Waals surface area contributed by atoms with E-state index in [1.165, 1.54) is 5.56 Å². The van der Waals surface area contributed by atoms with Crippen molar-refractivity contribution in [2.75, 3.05) is 12.8 Å². The number of para-hydroxylation sites is 1. The molecule has 20 heavy (non-hydrogen) atoms. The molecule has 2 N–H and O–H groups in total. The zero-order valence-electron chi connectivity index (χ0n) is 11.6. The number of nitrogen functional groups attached to an aromatic ring is 1. The number of benzene rings is 2. The first kappa shape index (κ1) is 12.7. The largest absolute Gasteiger partial charge is 0.380 e. The number of nitrogens with zero attached hydrogens (tertiary/aromatic N) is 2. The van der Waals surface area contributed by atoms with Gasteiger partial charge in [-0.05, 0) is 30.7 Å². The van der Waals surface area contributed by atoms with Gasteiger partial charge in [0.25, 0.3) is 0 Å². The maximum absolute atomic E-state index is 6.11. The third-order valence-electron chi connectivity index (χ3n) is 3.37. The summed E-state index contributed by atoms with van der Waals surface area (Å²) in [4.78, 5) is 4.45. The van der Waals surface area contributed by atoms with Gasteiger partial charge in [0, 0.05) is 12.7 Å². The smallest absolute Gasteiger partial charge is 0.205 e. The molecule has 0 atom stereocenters.